The summed E-state index contributed by atoms with van der Waals surface area (Å²) in [5.41, 5.74) is 0.962. The van der Waals surface area contributed by atoms with Crippen LogP contribution in [0.25, 0.3) is 0 Å². The van der Waals surface area contributed by atoms with Crippen LogP contribution in [0.2, 0.25) is 0 Å². The maximum atomic E-state index is 9.52. The summed E-state index contributed by atoms with van der Waals surface area (Å²) in [6, 6.07) is 7.35. The second kappa shape index (κ2) is 6.41. The molecule has 1 atom stereocenters. The smallest absolute Gasteiger partial charge is 0.127 e. The number of methoxy groups -OCH3 is 1. The molecule has 0 amide bonds. The molecule has 5 heteroatoms. The molecule has 102 valence electrons. The van der Waals surface area contributed by atoms with E-state index in [-0.39, 0.29) is 11.8 Å². The van der Waals surface area contributed by atoms with E-state index >= 15 is 0 Å². The first-order chi connectivity index (χ1) is 9.26. The number of nitrogens with one attached hydrogen (secondary N) is 1. The van der Waals surface area contributed by atoms with Gasteiger partial charge in [-0.1, -0.05) is 6.07 Å². The molecule has 2 rings (SSSR count). The number of benzene rings is 1. The van der Waals surface area contributed by atoms with Crippen LogP contribution < -0.4 is 10.1 Å². The zero-order chi connectivity index (χ0) is 13.7. The Morgan fingerprint density at radius 1 is 1.47 bits per heavy atom. The number of nitriles is 1. The van der Waals surface area contributed by atoms with Crippen molar-refractivity contribution < 1.29 is 9.84 Å². The third kappa shape index (κ3) is 3.16. The fraction of sp³-hybridized carbons (Fsp3) is 0.500. The van der Waals surface area contributed by atoms with Gasteiger partial charge in [-0.15, -0.1) is 0 Å². The van der Waals surface area contributed by atoms with Gasteiger partial charge in [0.1, 0.15) is 11.5 Å². The van der Waals surface area contributed by atoms with E-state index in [2.05, 4.69) is 16.3 Å². The molecule has 1 saturated heterocycles. The van der Waals surface area contributed by atoms with Crippen LogP contribution in [0.4, 0.5) is 0 Å². The van der Waals surface area contributed by atoms with E-state index < -0.39 is 0 Å². The van der Waals surface area contributed by atoms with E-state index in [1.807, 2.05) is 6.07 Å². The Morgan fingerprint density at radius 2 is 2.21 bits per heavy atom. The Bertz CT molecular complexity index is 464. The van der Waals surface area contributed by atoms with E-state index in [4.69, 9.17) is 10.00 Å². The van der Waals surface area contributed by atoms with Gasteiger partial charge in [0.15, 0.2) is 0 Å². The Morgan fingerprint density at radius 3 is 2.84 bits per heavy atom. The number of ether oxygens (including phenoxy) is 1. The number of hydrogen-bond acceptors (Lipinski definition) is 5. The molecular weight excluding hydrogens is 242 g/mol. The monoisotopic (exact) mass is 261 g/mol. The van der Waals surface area contributed by atoms with Gasteiger partial charge in [-0.05, 0) is 6.07 Å². The molecule has 0 radical (unpaired) electrons. The number of rotatable bonds is 4. The number of hydrogen-bond donors (Lipinski definition) is 2. The van der Waals surface area contributed by atoms with Crippen molar-refractivity contribution >= 4 is 0 Å². The SMILES string of the molecule is COc1cc(O)ccc1[C@@H](CC#N)N1CCNCC1. The van der Waals surface area contributed by atoms with Gasteiger partial charge in [-0.25, -0.2) is 0 Å². The average molecular weight is 261 g/mol. The summed E-state index contributed by atoms with van der Waals surface area (Å²) in [7, 11) is 1.58. The first-order valence-corrected chi connectivity index (χ1v) is 6.45. The molecule has 1 heterocycles. The lowest BCUT2D eigenvalue weighted by Gasteiger charge is -2.34. The molecule has 1 aliphatic heterocycles. The van der Waals surface area contributed by atoms with Crippen molar-refractivity contribution in [2.75, 3.05) is 33.3 Å². The van der Waals surface area contributed by atoms with Crippen LogP contribution in [0.1, 0.15) is 18.0 Å². The molecule has 0 bridgehead atoms. The Balaban J connectivity index is 2.30. The molecule has 0 aromatic heterocycles. The average Bonchev–Trinajstić information content (AvgIpc) is 2.46. The predicted molar refractivity (Wildman–Crippen MR) is 72.1 cm³/mol. The van der Waals surface area contributed by atoms with Crippen molar-refractivity contribution in [2.45, 2.75) is 12.5 Å². The van der Waals surface area contributed by atoms with E-state index in [9.17, 15) is 5.11 Å². The van der Waals surface area contributed by atoms with Crippen LogP contribution in [-0.4, -0.2) is 43.3 Å². The summed E-state index contributed by atoms with van der Waals surface area (Å²) >= 11 is 0. The van der Waals surface area contributed by atoms with Crippen LogP contribution >= 0.6 is 0 Å². The second-order valence-electron chi connectivity index (χ2n) is 4.59. The largest absolute Gasteiger partial charge is 0.508 e. The van der Waals surface area contributed by atoms with Crippen LogP contribution in [0.15, 0.2) is 18.2 Å². The fourth-order valence-electron chi connectivity index (χ4n) is 2.49. The highest BCUT2D eigenvalue weighted by Crippen LogP contribution is 2.34. The van der Waals surface area contributed by atoms with E-state index in [0.717, 1.165) is 31.7 Å². The maximum absolute atomic E-state index is 9.52. The van der Waals surface area contributed by atoms with Gasteiger partial charge in [0.2, 0.25) is 0 Å². The van der Waals surface area contributed by atoms with Crippen molar-refractivity contribution in [3.8, 4) is 17.6 Å². The molecule has 19 heavy (non-hydrogen) atoms. The van der Waals surface area contributed by atoms with Crippen molar-refractivity contribution in [3.63, 3.8) is 0 Å². The molecular formula is C14H19N3O2. The fourth-order valence-corrected chi connectivity index (χ4v) is 2.49. The number of phenols is 1. The van der Waals surface area contributed by atoms with Gasteiger partial charge in [-0.2, -0.15) is 5.26 Å². The van der Waals surface area contributed by atoms with Crippen molar-refractivity contribution in [1.82, 2.24) is 10.2 Å². The minimum atomic E-state index is 0.0163. The van der Waals surface area contributed by atoms with Gasteiger partial charge >= 0.3 is 0 Å². The highest BCUT2D eigenvalue weighted by molar-refractivity contribution is 5.42. The number of nitrogens with zero attached hydrogens (tertiary/aromatic N) is 2. The molecule has 1 aliphatic rings. The van der Waals surface area contributed by atoms with Gasteiger partial charge in [0.25, 0.3) is 0 Å². The standard InChI is InChI=1S/C14H19N3O2/c1-19-14-10-11(18)2-3-12(14)13(4-5-15)17-8-6-16-7-9-17/h2-3,10,13,16,18H,4,6-9H2,1H3/t13-/m1/s1. The Labute approximate surface area is 113 Å². The quantitative estimate of drug-likeness (QED) is 0.854. The lowest BCUT2D eigenvalue weighted by atomic mass is 10.0. The molecule has 5 nitrogen and oxygen atoms in total. The topological polar surface area (TPSA) is 68.5 Å². The van der Waals surface area contributed by atoms with E-state index in [1.165, 1.54) is 0 Å². The highest BCUT2D eigenvalue weighted by Gasteiger charge is 2.24. The molecule has 0 aliphatic carbocycles. The zero-order valence-corrected chi connectivity index (χ0v) is 11.1. The van der Waals surface area contributed by atoms with Crippen molar-refractivity contribution in [1.29, 1.82) is 5.26 Å². The third-order valence-electron chi connectivity index (χ3n) is 3.45. The van der Waals surface area contributed by atoms with Crippen LogP contribution in [-0.2, 0) is 0 Å². The summed E-state index contributed by atoms with van der Waals surface area (Å²) in [4.78, 5) is 2.29. The van der Waals surface area contributed by atoms with Crippen molar-refractivity contribution in [2.24, 2.45) is 0 Å². The van der Waals surface area contributed by atoms with Gasteiger partial charge in [0.05, 0.1) is 25.6 Å². The van der Waals surface area contributed by atoms with E-state index in [0.29, 0.717) is 12.2 Å². The van der Waals surface area contributed by atoms with Crippen LogP contribution in [0.3, 0.4) is 0 Å². The number of phenolic OH excluding ortho intramolecular Hbond substituents is 1. The molecule has 1 fully saturated rings. The molecule has 0 unspecified atom stereocenters. The molecule has 1 aromatic carbocycles. The Kier molecular flexibility index (Phi) is 4.61. The summed E-state index contributed by atoms with van der Waals surface area (Å²) in [5.74, 6) is 0.815. The summed E-state index contributed by atoms with van der Waals surface area (Å²) in [5, 5.41) is 21.9. The lowest BCUT2D eigenvalue weighted by Crippen LogP contribution is -2.45. The minimum absolute atomic E-state index is 0.0163. The zero-order valence-electron chi connectivity index (χ0n) is 11.1. The Hall–Kier alpha value is -1.77. The summed E-state index contributed by atoms with van der Waals surface area (Å²) in [6.45, 7) is 3.69. The van der Waals surface area contributed by atoms with Crippen LogP contribution in [0, 0.1) is 11.3 Å². The van der Waals surface area contributed by atoms with E-state index in [1.54, 1.807) is 19.2 Å². The maximum Gasteiger partial charge on any atom is 0.127 e. The second-order valence-corrected chi connectivity index (χ2v) is 4.59. The van der Waals surface area contributed by atoms with Gasteiger partial charge in [-0.3, -0.25) is 4.90 Å². The van der Waals surface area contributed by atoms with Crippen molar-refractivity contribution in [3.05, 3.63) is 23.8 Å². The normalized spacial score (nSPS) is 17.7. The number of piperazine rings is 1. The number of aromatic hydroxyl groups is 1. The molecule has 0 saturated carbocycles. The molecule has 1 aromatic rings. The molecule has 0 spiro atoms. The molecule has 2 N–H and O–H groups in total. The van der Waals surface area contributed by atoms with Gasteiger partial charge in [0, 0.05) is 37.8 Å². The predicted octanol–water partition coefficient (Wildman–Crippen LogP) is 1.26. The summed E-state index contributed by atoms with van der Waals surface area (Å²) in [6.07, 6.45) is 0.418. The van der Waals surface area contributed by atoms with Crippen LogP contribution in [0.5, 0.6) is 11.5 Å². The lowest BCUT2D eigenvalue weighted by molar-refractivity contribution is 0.172. The van der Waals surface area contributed by atoms with Gasteiger partial charge < -0.3 is 15.2 Å². The highest BCUT2D eigenvalue weighted by atomic mass is 16.5. The summed E-state index contributed by atoms with van der Waals surface area (Å²) < 4.78 is 5.33. The third-order valence-corrected chi connectivity index (χ3v) is 3.45. The first-order valence-electron chi connectivity index (χ1n) is 6.45. The first kappa shape index (κ1) is 13.7. The minimum Gasteiger partial charge on any atom is -0.508 e.